The van der Waals surface area contributed by atoms with E-state index in [4.69, 9.17) is 5.11 Å². The lowest BCUT2D eigenvalue weighted by Gasteiger charge is -2.28. The molecule has 0 saturated carbocycles. The molecule has 0 spiro atoms. The van der Waals surface area contributed by atoms with Crippen molar-refractivity contribution in [3.8, 4) is 0 Å². The van der Waals surface area contributed by atoms with Crippen molar-refractivity contribution in [1.29, 1.82) is 0 Å². The molecule has 3 nitrogen and oxygen atoms in total. The van der Waals surface area contributed by atoms with E-state index >= 15 is 0 Å². The average Bonchev–Trinajstić information content (AvgIpc) is 2.37. The Labute approximate surface area is 113 Å². The Morgan fingerprint density at radius 1 is 1.42 bits per heavy atom. The largest absolute Gasteiger partial charge is 0.478 e. The van der Waals surface area contributed by atoms with Crippen LogP contribution in [-0.4, -0.2) is 24.2 Å². The van der Waals surface area contributed by atoms with Crippen LogP contribution in [0.15, 0.2) is 24.3 Å². The molecule has 0 amide bonds. The number of aliphatic carboxylic acids is 1. The first kappa shape index (κ1) is 15.2. The van der Waals surface area contributed by atoms with Gasteiger partial charge in [0.1, 0.15) is 5.82 Å². The van der Waals surface area contributed by atoms with Gasteiger partial charge in [0, 0.05) is 19.2 Å². The van der Waals surface area contributed by atoms with E-state index in [9.17, 15) is 9.18 Å². The molecule has 1 rings (SSSR count). The Balaban J connectivity index is 2.97. The topological polar surface area (TPSA) is 40.5 Å². The van der Waals surface area contributed by atoms with Crippen molar-refractivity contribution in [3.63, 3.8) is 0 Å². The van der Waals surface area contributed by atoms with Gasteiger partial charge in [-0.3, -0.25) is 0 Å². The number of anilines is 1. The molecule has 1 N–H and O–H groups in total. The summed E-state index contributed by atoms with van der Waals surface area (Å²) < 4.78 is 14.0. The Morgan fingerprint density at radius 3 is 2.53 bits per heavy atom. The lowest BCUT2D eigenvalue weighted by Crippen LogP contribution is -2.31. The third-order valence-electron chi connectivity index (χ3n) is 3.26. The maximum absolute atomic E-state index is 14.0. The van der Waals surface area contributed by atoms with Crippen LogP contribution in [-0.2, 0) is 4.79 Å². The lowest BCUT2D eigenvalue weighted by atomic mass is 10.1. The summed E-state index contributed by atoms with van der Waals surface area (Å²) in [5.74, 6) is -1.37. The third-order valence-corrected chi connectivity index (χ3v) is 3.26. The van der Waals surface area contributed by atoms with Gasteiger partial charge in [0.15, 0.2) is 0 Å². The van der Waals surface area contributed by atoms with E-state index in [-0.39, 0.29) is 5.82 Å². The number of benzene rings is 1. The van der Waals surface area contributed by atoms with Gasteiger partial charge in [-0.1, -0.05) is 19.9 Å². The minimum Gasteiger partial charge on any atom is -0.478 e. The molecule has 0 unspecified atom stereocenters. The number of rotatable bonds is 6. The van der Waals surface area contributed by atoms with Crippen LogP contribution in [0.4, 0.5) is 10.1 Å². The summed E-state index contributed by atoms with van der Waals surface area (Å²) in [6.07, 6.45) is 4.28. The number of carboxylic acid groups (broad SMARTS) is 1. The molecule has 0 fully saturated rings. The third kappa shape index (κ3) is 4.09. The predicted molar refractivity (Wildman–Crippen MR) is 75.8 cm³/mol. The van der Waals surface area contributed by atoms with Gasteiger partial charge < -0.3 is 10.0 Å². The number of carbonyl (C=O) groups is 1. The van der Waals surface area contributed by atoms with Crippen LogP contribution >= 0.6 is 0 Å². The van der Waals surface area contributed by atoms with Crippen LogP contribution in [0.3, 0.4) is 0 Å². The summed E-state index contributed by atoms with van der Waals surface area (Å²) in [4.78, 5) is 12.3. The van der Waals surface area contributed by atoms with E-state index in [1.165, 1.54) is 12.1 Å². The molecule has 0 bridgehead atoms. The second-order valence-electron chi connectivity index (χ2n) is 4.46. The van der Waals surface area contributed by atoms with Gasteiger partial charge in [-0.25, -0.2) is 9.18 Å². The Morgan fingerprint density at radius 2 is 2.05 bits per heavy atom. The van der Waals surface area contributed by atoms with Gasteiger partial charge in [-0.2, -0.15) is 0 Å². The number of hydrogen-bond acceptors (Lipinski definition) is 2. The summed E-state index contributed by atoms with van der Waals surface area (Å²) in [7, 11) is 1.88. The molecule has 0 saturated heterocycles. The quantitative estimate of drug-likeness (QED) is 0.800. The Hall–Kier alpha value is -1.84. The van der Waals surface area contributed by atoms with Gasteiger partial charge in [0.2, 0.25) is 0 Å². The van der Waals surface area contributed by atoms with E-state index in [1.54, 1.807) is 12.1 Å². The van der Waals surface area contributed by atoms with Crippen molar-refractivity contribution in [1.82, 2.24) is 0 Å². The van der Waals surface area contributed by atoms with Crippen molar-refractivity contribution in [2.24, 2.45) is 0 Å². The smallest absolute Gasteiger partial charge is 0.328 e. The zero-order chi connectivity index (χ0) is 14.4. The zero-order valence-corrected chi connectivity index (χ0v) is 11.6. The van der Waals surface area contributed by atoms with Crippen molar-refractivity contribution in [2.75, 3.05) is 11.9 Å². The summed E-state index contributed by atoms with van der Waals surface area (Å²) in [5.41, 5.74) is 1.09. The molecule has 0 aliphatic carbocycles. The van der Waals surface area contributed by atoms with E-state index < -0.39 is 5.97 Å². The predicted octanol–water partition coefficient (Wildman–Crippen LogP) is 3.55. The fraction of sp³-hybridized carbons (Fsp3) is 0.400. The molecular weight excluding hydrogens is 245 g/mol. The van der Waals surface area contributed by atoms with Gasteiger partial charge in [-0.05, 0) is 36.6 Å². The van der Waals surface area contributed by atoms with Crippen LogP contribution in [0, 0.1) is 5.82 Å². The van der Waals surface area contributed by atoms with E-state index in [1.807, 2.05) is 11.9 Å². The van der Waals surface area contributed by atoms with E-state index in [0.29, 0.717) is 17.3 Å². The van der Waals surface area contributed by atoms with Crippen LogP contribution in [0.2, 0.25) is 0 Å². The minimum absolute atomic E-state index is 0.301. The van der Waals surface area contributed by atoms with Gasteiger partial charge in [0.05, 0.1) is 5.69 Å². The number of nitrogens with zero attached hydrogens (tertiary/aromatic N) is 1. The molecule has 19 heavy (non-hydrogen) atoms. The maximum Gasteiger partial charge on any atom is 0.328 e. The first-order chi connectivity index (χ1) is 8.99. The maximum atomic E-state index is 14.0. The molecular formula is C15H20FNO2. The van der Waals surface area contributed by atoms with Crippen LogP contribution < -0.4 is 4.90 Å². The monoisotopic (exact) mass is 265 g/mol. The normalized spacial score (nSPS) is 11.2. The zero-order valence-electron chi connectivity index (χ0n) is 11.6. The van der Waals surface area contributed by atoms with Crippen molar-refractivity contribution in [3.05, 3.63) is 35.7 Å². The highest BCUT2D eigenvalue weighted by Gasteiger charge is 2.14. The first-order valence-electron chi connectivity index (χ1n) is 6.43. The SMILES string of the molecule is CCC(CC)N(C)c1ccc(/C=C/C(=O)O)cc1F. The van der Waals surface area contributed by atoms with Crippen molar-refractivity contribution in [2.45, 2.75) is 32.7 Å². The highest BCUT2D eigenvalue weighted by Crippen LogP contribution is 2.23. The molecule has 0 radical (unpaired) electrons. The molecule has 1 aromatic rings. The first-order valence-corrected chi connectivity index (χ1v) is 6.43. The highest BCUT2D eigenvalue weighted by atomic mass is 19.1. The number of carboxylic acids is 1. The molecule has 0 aromatic heterocycles. The molecule has 0 atom stereocenters. The molecule has 0 heterocycles. The van der Waals surface area contributed by atoms with Crippen molar-refractivity contribution < 1.29 is 14.3 Å². The average molecular weight is 265 g/mol. The van der Waals surface area contributed by atoms with Crippen LogP contribution in [0.25, 0.3) is 6.08 Å². The number of halogens is 1. The molecule has 0 aliphatic heterocycles. The standard InChI is InChI=1S/C15H20FNO2/c1-4-12(5-2)17(3)14-8-6-11(10-13(14)16)7-9-15(18)19/h6-10,12H,4-5H2,1-3H3,(H,18,19)/b9-7+. The summed E-state index contributed by atoms with van der Waals surface area (Å²) in [5, 5.41) is 8.53. The van der Waals surface area contributed by atoms with Gasteiger partial charge in [-0.15, -0.1) is 0 Å². The fourth-order valence-electron chi connectivity index (χ4n) is 2.11. The Bertz CT molecular complexity index is 467. The lowest BCUT2D eigenvalue weighted by molar-refractivity contribution is -0.131. The van der Waals surface area contributed by atoms with Crippen molar-refractivity contribution >= 4 is 17.7 Å². The molecule has 4 heteroatoms. The minimum atomic E-state index is -1.04. The van der Waals surface area contributed by atoms with Gasteiger partial charge in [0.25, 0.3) is 0 Å². The van der Waals surface area contributed by atoms with E-state index in [2.05, 4.69) is 13.8 Å². The Kier molecular flexibility index (Phi) is 5.55. The van der Waals surface area contributed by atoms with Crippen LogP contribution in [0.1, 0.15) is 32.3 Å². The molecule has 1 aromatic carbocycles. The van der Waals surface area contributed by atoms with E-state index in [0.717, 1.165) is 18.9 Å². The number of hydrogen-bond donors (Lipinski definition) is 1. The highest BCUT2D eigenvalue weighted by molar-refractivity contribution is 5.85. The summed E-state index contributed by atoms with van der Waals surface area (Å²) in [6.45, 7) is 4.15. The molecule has 104 valence electrons. The van der Waals surface area contributed by atoms with Gasteiger partial charge >= 0.3 is 5.97 Å². The second-order valence-corrected chi connectivity index (χ2v) is 4.46. The fourth-order valence-corrected chi connectivity index (χ4v) is 2.11. The second kappa shape index (κ2) is 6.92. The molecule has 0 aliphatic rings. The summed E-state index contributed by atoms with van der Waals surface area (Å²) >= 11 is 0. The summed E-state index contributed by atoms with van der Waals surface area (Å²) in [6, 6.07) is 5.06. The van der Waals surface area contributed by atoms with Crippen LogP contribution in [0.5, 0.6) is 0 Å².